The number of ether oxygens (including phenoxy) is 1. The van der Waals surface area contributed by atoms with Crippen LogP contribution in [-0.2, 0) is 4.74 Å². The minimum absolute atomic E-state index is 0.0448. The fourth-order valence-electron chi connectivity index (χ4n) is 2.53. The molecule has 17 heavy (non-hydrogen) atoms. The molecule has 0 heterocycles. The van der Waals surface area contributed by atoms with Crippen molar-refractivity contribution in [3.63, 3.8) is 0 Å². The molecule has 0 spiro atoms. The summed E-state index contributed by atoms with van der Waals surface area (Å²) in [6.45, 7) is 4.33. The van der Waals surface area contributed by atoms with Crippen LogP contribution in [-0.4, -0.2) is 25.8 Å². The van der Waals surface area contributed by atoms with Crippen LogP contribution in [0.2, 0.25) is 0 Å². The first-order valence-corrected chi connectivity index (χ1v) is 7.00. The van der Waals surface area contributed by atoms with E-state index < -0.39 is 0 Å². The maximum atomic E-state index is 5.55. The van der Waals surface area contributed by atoms with Crippen molar-refractivity contribution < 1.29 is 4.74 Å². The van der Waals surface area contributed by atoms with Crippen molar-refractivity contribution >= 4 is 0 Å². The first-order valence-electron chi connectivity index (χ1n) is 7.00. The fraction of sp³-hybridized carbons (Fsp3) is 0.867. The van der Waals surface area contributed by atoms with Crippen molar-refractivity contribution in [2.45, 2.75) is 70.4 Å². The normalized spacial score (nSPS) is 20.4. The second-order valence-corrected chi connectivity index (χ2v) is 5.74. The number of hydrogen-bond acceptors (Lipinski definition) is 2. The average Bonchev–Trinajstić information content (AvgIpc) is 2.26. The molecule has 1 aliphatic carbocycles. The molecule has 2 heteroatoms. The Morgan fingerprint density at radius 2 is 2.00 bits per heavy atom. The van der Waals surface area contributed by atoms with E-state index in [1.807, 2.05) is 0 Å². The molecule has 0 aromatic carbocycles. The van der Waals surface area contributed by atoms with Crippen LogP contribution in [0.5, 0.6) is 0 Å². The summed E-state index contributed by atoms with van der Waals surface area (Å²) >= 11 is 0. The number of methoxy groups -OCH3 is 1. The predicted octanol–water partition coefficient (Wildman–Crippen LogP) is 3.67. The van der Waals surface area contributed by atoms with Gasteiger partial charge in [0.05, 0.1) is 5.60 Å². The standard InChI is InChI=1S/C15H29NO/c1-15(2,17-4)12-14(16-3)13-10-8-6-5-7-9-11-13/h10,14,16H,5-9,11-12H2,1-4H3. The Bertz CT molecular complexity index is 245. The van der Waals surface area contributed by atoms with Crippen LogP contribution < -0.4 is 5.32 Å². The Hall–Kier alpha value is -0.340. The summed E-state index contributed by atoms with van der Waals surface area (Å²) in [5.41, 5.74) is 1.55. The second-order valence-electron chi connectivity index (χ2n) is 5.74. The summed E-state index contributed by atoms with van der Waals surface area (Å²) in [5, 5.41) is 3.46. The quantitative estimate of drug-likeness (QED) is 0.739. The van der Waals surface area contributed by atoms with E-state index >= 15 is 0 Å². The third-order valence-electron chi connectivity index (χ3n) is 3.87. The van der Waals surface area contributed by atoms with Crippen LogP contribution in [0.15, 0.2) is 11.6 Å². The Morgan fingerprint density at radius 3 is 2.65 bits per heavy atom. The van der Waals surface area contributed by atoms with Gasteiger partial charge in [0, 0.05) is 13.2 Å². The molecule has 100 valence electrons. The summed E-state index contributed by atoms with van der Waals surface area (Å²) < 4.78 is 5.55. The van der Waals surface area contributed by atoms with Gasteiger partial charge in [-0.05, 0) is 53.0 Å². The molecule has 2 nitrogen and oxygen atoms in total. The van der Waals surface area contributed by atoms with Crippen molar-refractivity contribution in [1.82, 2.24) is 5.32 Å². The van der Waals surface area contributed by atoms with Crippen LogP contribution in [0, 0.1) is 0 Å². The molecule has 0 bridgehead atoms. The summed E-state index contributed by atoms with van der Waals surface area (Å²) in [5.74, 6) is 0. The zero-order chi connectivity index (χ0) is 12.7. The molecule has 0 aliphatic heterocycles. The van der Waals surface area contributed by atoms with Crippen molar-refractivity contribution in [1.29, 1.82) is 0 Å². The molecule has 0 fully saturated rings. The van der Waals surface area contributed by atoms with Gasteiger partial charge in [0.2, 0.25) is 0 Å². The highest BCUT2D eigenvalue weighted by atomic mass is 16.5. The van der Waals surface area contributed by atoms with Crippen molar-refractivity contribution in [3.05, 3.63) is 11.6 Å². The van der Waals surface area contributed by atoms with Gasteiger partial charge in [0.1, 0.15) is 0 Å². The van der Waals surface area contributed by atoms with Gasteiger partial charge in [0.15, 0.2) is 0 Å². The average molecular weight is 239 g/mol. The van der Waals surface area contributed by atoms with Crippen LogP contribution in [0.1, 0.15) is 58.8 Å². The number of hydrogen-bond donors (Lipinski definition) is 1. The molecule has 0 radical (unpaired) electrons. The summed E-state index contributed by atoms with van der Waals surface area (Å²) in [4.78, 5) is 0. The molecule has 0 saturated heterocycles. The molecule has 1 aliphatic rings. The SMILES string of the molecule is CNC(CC(C)(C)OC)C1=CCCCCCC1. The van der Waals surface area contributed by atoms with E-state index in [4.69, 9.17) is 4.74 Å². The van der Waals surface area contributed by atoms with Crippen LogP contribution >= 0.6 is 0 Å². The molecule has 1 unspecified atom stereocenters. The van der Waals surface area contributed by atoms with E-state index in [9.17, 15) is 0 Å². The van der Waals surface area contributed by atoms with Gasteiger partial charge < -0.3 is 10.1 Å². The van der Waals surface area contributed by atoms with Crippen molar-refractivity contribution in [2.75, 3.05) is 14.2 Å². The number of nitrogens with one attached hydrogen (secondary N) is 1. The van der Waals surface area contributed by atoms with E-state index in [2.05, 4.69) is 32.3 Å². The summed E-state index contributed by atoms with van der Waals surface area (Å²) in [6.07, 6.45) is 11.5. The van der Waals surface area contributed by atoms with Crippen molar-refractivity contribution in [3.8, 4) is 0 Å². The lowest BCUT2D eigenvalue weighted by molar-refractivity contribution is 0.0101. The molecule has 0 amide bonds. The van der Waals surface area contributed by atoms with Crippen LogP contribution in [0.3, 0.4) is 0 Å². The topological polar surface area (TPSA) is 21.3 Å². The predicted molar refractivity (Wildman–Crippen MR) is 74.3 cm³/mol. The lowest BCUT2D eigenvalue weighted by Gasteiger charge is -2.30. The maximum absolute atomic E-state index is 5.55. The highest BCUT2D eigenvalue weighted by molar-refractivity contribution is 5.12. The van der Waals surface area contributed by atoms with E-state index in [1.165, 1.54) is 38.5 Å². The molecule has 0 aromatic heterocycles. The van der Waals surface area contributed by atoms with Gasteiger partial charge in [-0.1, -0.05) is 24.5 Å². The van der Waals surface area contributed by atoms with Gasteiger partial charge in [0.25, 0.3) is 0 Å². The minimum atomic E-state index is -0.0448. The third kappa shape index (κ3) is 5.22. The first-order chi connectivity index (χ1) is 8.09. The van der Waals surface area contributed by atoms with Crippen molar-refractivity contribution in [2.24, 2.45) is 0 Å². The minimum Gasteiger partial charge on any atom is -0.379 e. The Morgan fingerprint density at radius 1 is 1.29 bits per heavy atom. The maximum Gasteiger partial charge on any atom is 0.0640 e. The molecular weight excluding hydrogens is 210 g/mol. The Labute approximate surface area is 107 Å². The largest absolute Gasteiger partial charge is 0.379 e. The van der Waals surface area contributed by atoms with Crippen LogP contribution in [0.25, 0.3) is 0 Å². The fourth-order valence-corrected chi connectivity index (χ4v) is 2.53. The monoisotopic (exact) mass is 239 g/mol. The Balaban J connectivity index is 2.64. The third-order valence-corrected chi connectivity index (χ3v) is 3.87. The second kappa shape index (κ2) is 7.17. The van der Waals surface area contributed by atoms with E-state index in [0.29, 0.717) is 6.04 Å². The van der Waals surface area contributed by atoms with E-state index in [1.54, 1.807) is 12.7 Å². The smallest absolute Gasteiger partial charge is 0.0640 e. The lowest BCUT2D eigenvalue weighted by Crippen LogP contribution is -2.37. The van der Waals surface area contributed by atoms with Crippen LogP contribution in [0.4, 0.5) is 0 Å². The van der Waals surface area contributed by atoms with E-state index in [0.717, 1.165) is 6.42 Å². The zero-order valence-electron chi connectivity index (χ0n) is 12.0. The number of allylic oxidation sites excluding steroid dienone is 1. The summed E-state index contributed by atoms with van der Waals surface area (Å²) in [7, 11) is 3.87. The molecule has 1 rings (SSSR count). The Kier molecular flexibility index (Phi) is 6.21. The number of likely N-dealkylation sites (N-methyl/N-ethyl adjacent to an activating group) is 1. The van der Waals surface area contributed by atoms with Gasteiger partial charge >= 0.3 is 0 Å². The number of rotatable bonds is 5. The molecule has 1 atom stereocenters. The highest BCUT2D eigenvalue weighted by Gasteiger charge is 2.24. The van der Waals surface area contributed by atoms with Gasteiger partial charge in [-0.3, -0.25) is 0 Å². The van der Waals surface area contributed by atoms with E-state index in [-0.39, 0.29) is 5.60 Å². The molecule has 0 saturated carbocycles. The van der Waals surface area contributed by atoms with Gasteiger partial charge in [-0.2, -0.15) is 0 Å². The first kappa shape index (κ1) is 14.7. The molecule has 1 N–H and O–H groups in total. The molecule has 0 aromatic rings. The zero-order valence-corrected chi connectivity index (χ0v) is 12.0. The molecular formula is C15H29NO. The highest BCUT2D eigenvalue weighted by Crippen LogP contribution is 2.25. The van der Waals surface area contributed by atoms with Gasteiger partial charge in [-0.15, -0.1) is 0 Å². The lowest BCUT2D eigenvalue weighted by atomic mass is 9.88. The summed E-state index contributed by atoms with van der Waals surface area (Å²) in [6, 6.07) is 0.475. The van der Waals surface area contributed by atoms with Gasteiger partial charge in [-0.25, -0.2) is 0 Å².